The van der Waals surface area contributed by atoms with E-state index in [1.807, 2.05) is 31.2 Å². The zero-order valence-electron chi connectivity index (χ0n) is 12.4. The van der Waals surface area contributed by atoms with Gasteiger partial charge in [0.25, 0.3) is 5.91 Å². The summed E-state index contributed by atoms with van der Waals surface area (Å²) in [5, 5.41) is 3.11. The van der Waals surface area contributed by atoms with E-state index < -0.39 is 0 Å². The monoisotopic (exact) mass is 279 g/mol. The third kappa shape index (κ3) is 2.99. The molecule has 0 saturated carbocycles. The summed E-state index contributed by atoms with van der Waals surface area (Å²) >= 11 is 0. The van der Waals surface area contributed by atoms with E-state index in [1.165, 1.54) is 24.0 Å². The fraction of sp³-hybridized carbons (Fsp3) is 0.316. The van der Waals surface area contributed by atoms with Crippen LogP contribution in [0.15, 0.2) is 48.5 Å². The maximum Gasteiger partial charge on any atom is 0.251 e. The van der Waals surface area contributed by atoms with Crippen molar-refractivity contribution >= 4 is 5.91 Å². The van der Waals surface area contributed by atoms with Crippen molar-refractivity contribution in [3.8, 4) is 0 Å². The average Bonchev–Trinajstić information content (AvgIpc) is 2.53. The first-order chi connectivity index (χ1) is 10.3. The molecule has 2 aromatic rings. The van der Waals surface area contributed by atoms with Gasteiger partial charge >= 0.3 is 0 Å². The van der Waals surface area contributed by atoms with Gasteiger partial charge in [0.2, 0.25) is 0 Å². The Morgan fingerprint density at radius 1 is 1.14 bits per heavy atom. The minimum atomic E-state index is 0.0381. The molecule has 108 valence electrons. The minimum absolute atomic E-state index is 0.0381. The van der Waals surface area contributed by atoms with Gasteiger partial charge in [0.15, 0.2) is 0 Å². The fourth-order valence-electron chi connectivity index (χ4n) is 3.21. The second-order valence-corrected chi connectivity index (χ2v) is 5.81. The molecule has 0 spiro atoms. The van der Waals surface area contributed by atoms with Crippen LogP contribution in [0.3, 0.4) is 0 Å². The first-order valence-corrected chi connectivity index (χ1v) is 7.67. The summed E-state index contributed by atoms with van der Waals surface area (Å²) in [5.74, 6) is 0.485. The van der Waals surface area contributed by atoms with Crippen LogP contribution in [0, 0.1) is 6.92 Å². The third-order valence-electron chi connectivity index (χ3n) is 4.39. The lowest BCUT2D eigenvalue weighted by molar-refractivity contribution is 0.0949. The van der Waals surface area contributed by atoms with Gasteiger partial charge < -0.3 is 5.32 Å². The number of rotatable bonds is 3. The van der Waals surface area contributed by atoms with Crippen molar-refractivity contribution in [1.29, 1.82) is 0 Å². The smallest absolute Gasteiger partial charge is 0.251 e. The van der Waals surface area contributed by atoms with Crippen LogP contribution >= 0.6 is 0 Å². The van der Waals surface area contributed by atoms with Crippen LogP contribution in [0.25, 0.3) is 0 Å². The van der Waals surface area contributed by atoms with Gasteiger partial charge in [-0.15, -0.1) is 0 Å². The van der Waals surface area contributed by atoms with Crippen LogP contribution in [0.4, 0.5) is 0 Å². The van der Waals surface area contributed by atoms with Gasteiger partial charge in [0.05, 0.1) is 0 Å². The highest BCUT2D eigenvalue weighted by molar-refractivity contribution is 5.95. The predicted molar refractivity (Wildman–Crippen MR) is 85.6 cm³/mol. The molecule has 0 aliphatic heterocycles. The molecule has 2 nitrogen and oxygen atoms in total. The summed E-state index contributed by atoms with van der Waals surface area (Å²) in [6.07, 6.45) is 3.53. The van der Waals surface area contributed by atoms with Gasteiger partial charge in [-0.05, 0) is 48.9 Å². The number of hydrogen-bond acceptors (Lipinski definition) is 1. The molecule has 0 saturated heterocycles. The summed E-state index contributed by atoms with van der Waals surface area (Å²) in [6, 6.07) is 16.4. The first-order valence-electron chi connectivity index (χ1n) is 7.67. The number of nitrogens with one attached hydrogen (secondary N) is 1. The Morgan fingerprint density at radius 3 is 2.76 bits per heavy atom. The summed E-state index contributed by atoms with van der Waals surface area (Å²) in [5.41, 5.74) is 4.66. The van der Waals surface area contributed by atoms with E-state index in [9.17, 15) is 4.79 Å². The Balaban J connectivity index is 1.69. The maximum atomic E-state index is 12.3. The van der Waals surface area contributed by atoms with Gasteiger partial charge in [-0.25, -0.2) is 0 Å². The molecule has 0 fully saturated rings. The van der Waals surface area contributed by atoms with Crippen molar-refractivity contribution in [3.05, 3.63) is 70.8 Å². The van der Waals surface area contributed by atoms with Crippen LogP contribution < -0.4 is 5.32 Å². The van der Waals surface area contributed by atoms with E-state index in [4.69, 9.17) is 0 Å². The van der Waals surface area contributed by atoms with Gasteiger partial charge in [0.1, 0.15) is 0 Å². The third-order valence-corrected chi connectivity index (χ3v) is 4.39. The molecule has 1 amide bonds. The zero-order chi connectivity index (χ0) is 14.7. The number of carbonyl (C=O) groups is 1. The molecular formula is C19H21NO. The highest BCUT2D eigenvalue weighted by atomic mass is 16.1. The second kappa shape index (κ2) is 6.13. The van der Waals surface area contributed by atoms with Crippen molar-refractivity contribution in [1.82, 2.24) is 5.32 Å². The van der Waals surface area contributed by atoms with E-state index in [-0.39, 0.29) is 5.91 Å². The molecule has 1 N–H and O–H groups in total. The normalized spacial score (nSPS) is 17.1. The van der Waals surface area contributed by atoms with Crippen molar-refractivity contribution in [3.63, 3.8) is 0 Å². The molecule has 3 rings (SSSR count). The lowest BCUT2D eigenvalue weighted by Gasteiger charge is -2.25. The average molecular weight is 279 g/mol. The summed E-state index contributed by atoms with van der Waals surface area (Å²) in [6.45, 7) is 2.70. The molecule has 0 radical (unpaired) electrons. The van der Waals surface area contributed by atoms with Crippen molar-refractivity contribution in [2.45, 2.75) is 32.1 Å². The van der Waals surface area contributed by atoms with Gasteiger partial charge in [-0.2, -0.15) is 0 Å². The quantitative estimate of drug-likeness (QED) is 0.908. The molecule has 0 aromatic heterocycles. The van der Waals surface area contributed by atoms with Gasteiger partial charge in [-0.3, -0.25) is 4.79 Å². The molecule has 1 aliphatic carbocycles. The number of benzene rings is 2. The lowest BCUT2D eigenvalue weighted by Crippen LogP contribution is -2.30. The van der Waals surface area contributed by atoms with Crippen molar-refractivity contribution in [2.24, 2.45) is 0 Å². The molecule has 1 atom stereocenters. The van der Waals surface area contributed by atoms with Crippen molar-refractivity contribution < 1.29 is 4.79 Å². The largest absolute Gasteiger partial charge is 0.351 e. The SMILES string of the molecule is Cc1ccccc1C(=O)NCC1CCCc2ccccc21. The highest BCUT2D eigenvalue weighted by Crippen LogP contribution is 2.30. The summed E-state index contributed by atoms with van der Waals surface area (Å²) in [4.78, 5) is 12.3. The molecule has 2 aromatic carbocycles. The fourth-order valence-corrected chi connectivity index (χ4v) is 3.21. The van der Waals surface area contributed by atoms with Gasteiger partial charge in [0, 0.05) is 18.0 Å². The van der Waals surface area contributed by atoms with Gasteiger partial charge in [-0.1, -0.05) is 42.5 Å². The van der Waals surface area contributed by atoms with Crippen molar-refractivity contribution in [2.75, 3.05) is 6.54 Å². The van der Waals surface area contributed by atoms with Crippen LogP contribution in [0.2, 0.25) is 0 Å². The Labute approximate surface area is 126 Å². The Bertz CT molecular complexity index is 648. The van der Waals surface area contributed by atoms with Crippen LogP contribution in [0.5, 0.6) is 0 Å². The topological polar surface area (TPSA) is 29.1 Å². The molecule has 1 aliphatic rings. The number of fused-ring (bicyclic) bond motifs is 1. The number of aryl methyl sites for hydroxylation is 2. The summed E-state index contributed by atoms with van der Waals surface area (Å²) in [7, 11) is 0. The Morgan fingerprint density at radius 2 is 1.90 bits per heavy atom. The molecule has 1 unspecified atom stereocenters. The number of amides is 1. The molecule has 0 bridgehead atoms. The Kier molecular flexibility index (Phi) is 4.05. The van der Waals surface area contributed by atoms with E-state index in [0.717, 1.165) is 24.1 Å². The molecule has 21 heavy (non-hydrogen) atoms. The number of carbonyl (C=O) groups excluding carboxylic acids is 1. The standard InChI is InChI=1S/C19H21NO/c1-14-7-2-4-11-17(14)19(21)20-13-16-10-6-9-15-8-3-5-12-18(15)16/h2-5,7-8,11-12,16H,6,9-10,13H2,1H3,(H,20,21). The minimum Gasteiger partial charge on any atom is -0.351 e. The molecule has 2 heteroatoms. The van der Waals surface area contributed by atoms with E-state index in [2.05, 4.69) is 29.6 Å². The molecule has 0 heterocycles. The van der Waals surface area contributed by atoms with E-state index >= 15 is 0 Å². The first kappa shape index (κ1) is 13.9. The van der Waals surface area contributed by atoms with Crippen LogP contribution in [-0.4, -0.2) is 12.5 Å². The van der Waals surface area contributed by atoms with Crippen LogP contribution in [-0.2, 0) is 6.42 Å². The second-order valence-electron chi connectivity index (χ2n) is 5.81. The number of hydrogen-bond donors (Lipinski definition) is 1. The molecular weight excluding hydrogens is 258 g/mol. The van der Waals surface area contributed by atoms with Crippen LogP contribution in [0.1, 0.15) is 45.8 Å². The highest BCUT2D eigenvalue weighted by Gasteiger charge is 2.20. The Hall–Kier alpha value is -2.09. The van der Waals surface area contributed by atoms with E-state index in [0.29, 0.717) is 5.92 Å². The summed E-state index contributed by atoms with van der Waals surface area (Å²) < 4.78 is 0. The van der Waals surface area contributed by atoms with E-state index in [1.54, 1.807) is 0 Å². The predicted octanol–water partition coefficient (Wildman–Crippen LogP) is 3.84. The zero-order valence-corrected chi connectivity index (χ0v) is 12.4. The maximum absolute atomic E-state index is 12.3. The lowest BCUT2D eigenvalue weighted by atomic mass is 9.83.